The standard InChI is InChI=1S/C14H24N2O7/c1-8(17)22-10(11(18)15-5)7-6-9(12(19)20)16-13(21)23-14(2,3)4/h9-10H,6-7H2,1-5H3,(H,15,18)(H,16,21)(H,19,20)/t9-,10?/m0/s1. The Labute approximate surface area is 134 Å². The number of carbonyl (C=O) groups excluding carboxylic acids is 3. The number of alkyl carbamates (subject to hydrolysis) is 1. The van der Waals surface area contributed by atoms with Crippen LogP contribution in [0.5, 0.6) is 0 Å². The average molecular weight is 332 g/mol. The van der Waals surface area contributed by atoms with Crippen LogP contribution in [0.3, 0.4) is 0 Å². The molecule has 3 N–H and O–H groups in total. The van der Waals surface area contributed by atoms with Crippen molar-refractivity contribution in [3.8, 4) is 0 Å². The zero-order valence-electron chi connectivity index (χ0n) is 14.0. The molecule has 9 heteroatoms. The van der Waals surface area contributed by atoms with Gasteiger partial charge in [0.1, 0.15) is 11.6 Å². The van der Waals surface area contributed by atoms with Crippen molar-refractivity contribution in [2.75, 3.05) is 7.05 Å². The number of aliphatic carboxylic acids is 1. The van der Waals surface area contributed by atoms with Crippen molar-refractivity contribution in [1.82, 2.24) is 10.6 Å². The molecule has 0 rings (SSSR count). The minimum absolute atomic E-state index is 0.0635. The van der Waals surface area contributed by atoms with E-state index in [0.717, 1.165) is 6.92 Å². The number of nitrogens with one attached hydrogen (secondary N) is 2. The lowest BCUT2D eigenvalue weighted by Crippen LogP contribution is -2.44. The fourth-order valence-electron chi connectivity index (χ4n) is 1.63. The van der Waals surface area contributed by atoms with Crippen LogP contribution in [-0.4, -0.2) is 53.8 Å². The normalized spacial score (nSPS) is 13.4. The molecule has 0 aromatic heterocycles. The zero-order chi connectivity index (χ0) is 18.2. The second-order valence-corrected chi connectivity index (χ2v) is 5.83. The van der Waals surface area contributed by atoms with E-state index in [2.05, 4.69) is 10.6 Å². The van der Waals surface area contributed by atoms with Gasteiger partial charge < -0.3 is 25.2 Å². The van der Waals surface area contributed by atoms with Gasteiger partial charge in [-0.05, 0) is 33.6 Å². The van der Waals surface area contributed by atoms with Crippen LogP contribution in [0.2, 0.25) is 0 Å². The van der Waals surface area contributed by atoms with Crippen molar-refractivity contribution in [2.24, 2.45) is 0 Å². The first-order chi connectivity index (χ1) is 10.5. The van der Waals surface area contributed by atoms with E-state index in [-0.39, 0.29) is 12.8 Å². The third kappa shape index (κ3) is 9.33. The van der Waals surface area contributed by atoms with Gasteiger partial charge in [-0.25, -0.2) is 9.59 Å². The van der Waals surface area contributed by atoms with Crippen molar-refractivity contribution in [3.05, 3.63) is 0 Å². The third-order valence-corrected chi connectivity index (χ3v) is 2.55. The first-order valence-corrected chi connectivity index (χ1v) is 7.07. The lowest BCUT2D eigenvalue weighted by Gasteiger charge is -2.22. The van der Waals surface area contributed by atoms with Gasteiger partial charge in [0.05, 0.1) is 0 Å². The first kappa shape index (κ1) is 20.7. The molecule has 0 aliphatic carbocycles. The Morgan fingerprint density at radius 2 is 1.70 bits per heavy atom. The van der Waals surface area contributed by atoms with Crippen molar-refractivity contribution in [2.45, 2.75) is 58.3 Å². The van der Waals surface area contributed by atoms with Gasteiger partial charge >= 0.3 is 18.0 Å². The molecule has 1 unspecified atom stereocenters. The Balaban J connectivity index is 4.73. The zero-order valence-corrected chi connectivity index (χ0v) is 14.0. The molecule has 0 fully saturated rings. The Morgan fingerprint density at radius 3 is 2.09 bits per heavy atom. The minimum Gasteiger partial charge on any atom is -0.480 e. The molecule has 0 saturated carbocycles. The molecule has 0 aromatic carbocycles. The van der Waals surface area contributed by atoms with Gasteiger partial charge in [0.2, 0.25) is 0 Å². The highest BCUT2D eigenvalue weighted by Gasteiger charge is 2.27. The van der Waals surface area contributed by atoms with E-state index in [1.54, 1.807) is 20.8 Å². The molecule has 0 heterocycles. The molecule has 9 nitrogen and oxygen atoms in total. The summed E-state index contributed by atoms with van der Waals surface area (Å²) < 4.78 is 9.81. The largest absolute Gasteiger partial charge is 0.480 e. The molecule has 0 aliphatic rings. The highest BCUT2D eigenvalue weighted by atomic mass is 16.6. The Morgan fingerprint density at radius 1 is 1.13 bits per heavy atom. The van der Waals surface area contributed by atoms with Gasteiger partial charge in [-0.3, -0.25) is 9.59 Å². The molecule has 23 heavy (non-hydrogen) atoms. The molecule has 0 aliphatic heterocycles. The SMILES string of the molecule is CNC(=O)C(CC[C@H](NC(=O)OC(C)(C)C)C(=O)O)OC(C)=O. The quantitative estimate of drug-likeness (QED) is 0.576. The summed E-state index contributed by atoms with van der Waals surface area (Å²) in [5, 5.41) is 13.7. The maximum atomic E-state index is 11.6. The van der Waals surface area contributed by atoms with Crippen LogP contribution in [0.1, 0.15) is 40.5 Å². The van der Waals surface area contributed by atoms with Crippen molar-refractivity contribution in [1.29, 1.82) is 0 Å². The summed E-state index contributed by atoms with van der Waals surface area (Å²) >= 11 is 0. The summed E-state index contributed by atoms with van der Waals surface area (Å²) in [5.41, 5.74) is -0.768. The van der Waals surface area contributed by atoms with Gasteiger partial charge in [-0.1, -0.05) is 0 Å². The highest BCUT2D eigenvalue weighted by Crippen LogP contribution is 2.10. The molecule has 0 radical (unpaired) electrons. The second-order valence-electron chi connectivity index (χ2n) is 5.83. The summed E-state index contributed by atoms with van der Waals surface area (Å²) in [7, 11) is 1.37. The van der Waals surface area contributed by atoms with Crippen LogP contribution in [0, 0.1) is 0 Å². The fraction of sp³-hybridized carbons (Fsp3) is 0.714. The van der Waals surface area contributed by atoms with Crippen molar-refractivity contribution in [3.63, 3.8) is 0 Å². The van der Waals surface area contributed by atoms with Gasteiger partial charge in [-0.15, -0.1) is 0 Å². The van der Waals surface area contributed by atoms with Crippen molar-refractivity contribution < 1.29 is 33.8 Å². The number of rotatable bonds is 7. The number of esters is 1. The van der Waals surface area contributed by atoms with E-state index in [0.29, 0.717) is 0 Å². The number of hydrogen-bond donors (Lipinski definition) is 3. The number of carboxylic acid groups (broad SMARTS) is 1. The number of carboxylic acids is 1. The maximum Gasteiger partial charge on any atom is 0.408 e. The Kier molecular flexibility index (Phi) is 8.06. The molecule has 0 aromatic rings. The number of ether oxygens (including phenoxy) is 2. The molecular formula is C14H24N2O7. The third-order valence-electron chi connectivity index (χ3n) is 2.55. The fourth-order valence-corrected chi connectivity index (χ4v) is 1.63. The summed E-state index contributed by atoms with van der Waals surface area (Å²) in [5.74, 6) is -2.50. The second kappa shape index (κ2) is 8.96. The van der Waals surface area contributed by atoms with Gasteiger partial charge in [0.15, 0.2) is 6.10 Å². The van der Waals surface area contributed by atoms with Gasteiger partial charge in [0.25, 0.3) is 5.91 Å². The van der Waals surface area contributed by atoms with Crippen LogP contribution in [0.4, 0.5) is 4.79 Å². The highest BCUT2D eigenvalue weighted by molar-refractivity contribution is 5.83. The minimum atomic E-state index is -1.28. The maximum absolute atomic E-state index is 11.6. The van der Waals surface area contributed by atoms with Crippen LogP contribution in [0.15, 0.2) is 0 Å². The average Bonchev–Trinajstić information content (AvgIpc) is 2.38. The topological polar surface area (TPSA) is 131 Å². The van der Waals surface area contributed by atoms with E-state index < -0.39 is 41.7 Å². The number of likely N-dealkylation sites (N-methyl/N-ethyl adjacent to an activating group) is 1. The number of hydrogen-bond acceptors (Lipinski definition) is 6. The molecule has 0 saturated heterocycles. The predicted octanol–water partition coefficient (Wildman–Crippen LogP) is 0.422. The predicted molar refractivity (Wildman–Crippen MR) is 79.6 cm³/mol. The molecule has 0 spiro atoms. The van der Waals surface area contributed by atoms with E-state index >= 15 is 0 Å². The summed E-state index contributed by atoms with van der Waals surface area (Å²) in [6.45, 7) is 6.07. The van der Waals surface area contributed by atoms with Crippen LogP contribution in [0.25, 0.3) is 0 Å². The Bertz CT molecular complexity index is 457. The first-order valence-electron chi connectivity index (χ1n) is 7.07. The Hall–Kier alpha value is -2.32. The van der Waals surface area contributed by atoms with Crippen LogP contribution >= 0.6 is 0 Å². The lowest BCUT2D eigenvalue weighted by molar-refractivity contribution is -0.154. The van der Waals surface area contributed by atoms with E-state index in [1.165, 1.54) is 7.05 Å². The monoisotopic (exact) mass is 332 g/mol. The number of amides is 2. The van der Waals surface area contributed by atoms with E-state index in [4.69, 9.17) is 14.6 Å². The van der Waals surface area contributed by atoms with Crippen molar-refractivity contribution >= 4 is 23.9 Å². The molecule has 2 atom stereocenters. The van der Waals surface area contributed by atoms with Gasteiger partial charge in [-0.2, -0.15) is 0 Å². The van der Waals surface area contributed by atoms with Crippen LogP contribution < -0.4 is 10.6 Å². The molecule has 132 valence electrons. The number of carbonyl (C=O) groups is 4. The van der Waals surface area contributed by atoms with E-state index in [9.17, 15) is 19.2 Å². The molecule has 0 bridgehead atoms. The summed E-state index contributed by atoms with van der Waals surface area (Å²) in [4.78, 5) is 45.4. The smallest absolute Gasteiger partial charge is 0.408 e. The molecule has 2 amide bonds. The summed E-state index contributed by atoms with van der Waals surface area (Å²) in [6.07, 6.45) is -2.18. The molecular weight excluding hydrogens is 308 g/mol. The summed E-state index contributed by atoms with van der Waals surface area (Å²) in [6, 6.07) is -1.27. The van der Waals surface area contributed by atoms with Gasteiger partial charge in [0, 0.05) is 14.0 Å². The van der Waals surface area contributed by atoms with E-state index in [1.807, 2.05) is 0 Å². The van der Waals surface area contributed by atoms with Crippen LogP contribution in [-0.2, 0) is 23.9 Å². The lowest BCUT2D eigenvalue weighted by atomic mass is 10.1.